The molecule has 0 radical (unpaired) electrons. The summed E-state index contributed by atoms with van der Waals surface area (Å²) in [6, 6.07) is 6.92. The SMILES string of the molecule is COc1cccc(C(=O)OCc2cc(Br)cs2)c1N. The van der Waals surface area contributed by atoms with Crippen LogP contribution >= 0.6 is 27.3 Å². The number of esters is 1. The van der Waals surface area contributed by atoms with Crippen LogP contribution in [0.15, 0.2) is 34.1 Å². The molecule has 2 aromatic rings. The van der Waals surface area contributed by atoms with E-state index in [2.05, 4.69) is 15.9 Å². The van der Waals surface area contributed by atoms with Gasteiger partial charge in [-0.15, -0.1) is 11.3 Å². The molecule has 0 saturated heterocycles. The van der Waals surface area contributed by atoms with Crippen molar-refractivity contribution in [1.82, 2.24) is 0 Å². The number of carbonyl (C=O) groups excluding carboxylic acids is 1. The first-order valence-electron chi connectivity index (χ1n) is 5.44. The van der Waals surface area contributed by atoms with Gasteiger partial charge in [0.05, 0.1) is 18.4 Å². The van der Waals surface area contributed by atoms with E-state index in [-0.39, 0.29) is 6.61 Å². The molecule has 0 spiro atoms. The molecule has 6 heteroatoms. The van der Waals surface area contributed by atoms with Crippen LogP contribution in [0.25, 0.3) is 0 Å². The molecule has 0 aliphatic carbocycles. The molecule has 1 aromatic heterocycles. The second-order valence-electron chi connectivity index (χ2n) is 3.73. The molecule has 0 aliphatic heterocycles. The average Bonchev–Trinajstić information content (AvgIpc) is 2.82. The highest BCUT2D eigenvalue weighted by atomic mass is 79.9. The highest BCUT2D eigenvalue weighted by Gasteiger charge is 2.14. The molecule has 0 fully saturated rings. The Balaban J connectivity index is 2.08. The number of nitrogen functional groups attached to an aromatic ring is 1. The van der Waals surface area contributed by atoms with Gasteiger partial charge in [0, 0.05) is 14.7 Å². The van der Waals surface area contributed by atoms with E-state index in [0.717, 1.165) is 9.35 Å². The van der Waals surface area contributed by atoms with Gasteiger partial charge in [-0.05, 0) is 34.1 Å². The smallest absolute Gasteiger partial charge is 0.340 e. The van der Waals surface area contributed by atoms with Crippen molar-refractivity contribution in [3.05, 3.63) is 44.6 Å². The van der Waals surface area contributed by atoms with Crippen molar-refractivity contribution in [2.45, 2.75) is 6.61 Å². The molecule has 0 amide bonds. The first-order valence-corrected chi connectivity index (χ1v) is 7.11. The third-order valence-corrected chi connectivity index (χ3v) is 4.14. The molecule has 19 heavy (non-hydrogen) atoms. The van der Waals surface area contributed by atoms with Gasteiger partial charge in [0.1, 0.15) is 12.4 Å². The number of carbonyl (C=O) groups is 1. The van der Waals surface area contributed by atoms with Gasteiger partial charge in [0.25, 0.3) is 0 Å². The van der Waals surface area contributed by atoms with E-state index in [1.54, 1.807) is 18.2 Å². The van der Waals surface area contributed by atoms with E-state index in [0.29, 0.717) is 17.0 Å². The number of halogens is 1. The number of methoxy groups -OCH3 is 1. The van der Waals surface area contributed by atoms with Crippen LogP contribution in [-0.4, -0.2) is 13.1 Å². The van der Waals surface area contributed by atoms with Gasteiger partial charge in [-0.3, -0.25) is 0 Å². The lowest BCUT2D eigenvalue weighted by Gasteiger charge is -2.09. The number of benzene rings is 1. The van der Waals surface area contributed by atoms with Crippen molar-refractivity contribution in [3.8, 4) is 5.75 Å². The van der Waals surface area contributed by atoms with Crippen molar-refractivity contribution in [2.75, 3.05) is 12.8 Å². The maximum Gasteiger partial charge on any atom is 0.340 e. The number of rotatable bonds is 4. The second kappa shape index (κ2) is 6.08. The van der Waals surface area contributed by atoms with Crippen LogP contribution in [0.1, 0.15) is 15.2 Å². The van der Waals surface area contributed by atoms with Gasteiger partial charge in [0.2, 0.25) is 0 Å². The van der Waals surface area contributed by atoms with Gasteiger partial charge < -0.3 is 15.2 Å². The van der Waals surface area contributed by atoms with Crippen LogP contribution in [0.2, 0.25) is 0 Å². The summed E-state index contributed by atoms with van der Waals surface area (Å²) in [5.41, 5.74) is 6.45. The molecule has 0 saturated carbocycles. The summed E-state index contributed by atoms with van der Waals surface area (Å²) in [7, 11) is 1.50. The first-order chi connectivity index (χ1) is 9.11. The van der Waals surface area contributed by atoms with Crippen LogP contribution in [0.3, 0.4) is 0 Å². The Morgan fingerprint density at radius 2 is 2.26 bits per heavy atom. The summed E-state index contributed by atoms with van der Waals surface area (Å²) in [6.07, 6.45) is 0. The Kier molecular flexibility index (Phi) is 4.44. The van der Waals surface area contributed by atoms with Crippen molar-refractivity contribution in [2.24, 2.45) is 0 Å². The lowest BCUT2D eigenvalue weighted by Crippen LogP contribution is -2.08. The van der Waals surface area contributed by atoms with Gasteiger partial charge in [-0.1, -0.05) is 6.07 Å². The number of thiophene rings is 1. The first kappa shape index (κ1) is 13.9. The van der Waals surface area contributed by atoms with Gasteiger partial charge in [-0.25, -0.2) is 4.79 Å². The minimum atomic E-state index is -0.457. The molecule has 0 unspecified atom stereocenters. The molecule has 2 N–H and O–H groups in total. The summed E-state index contributed by atoms with van der Waals surface area (Å²) in [5.74, 6) is 0.00856. The molecular weight excluding hydrogens is 330 g/mol. The third kappa shape index (κ3) is 3.27. The number of para-hydroxylation sites is 1. The number of ether oxygens (including phenoxy) is 2. The Bertz CT molecular complexity index is 597. The summed E-state index contributed by atoms with van der Waals surface area (Å²) >= 11 is 4.87. The zero-order valence-corrected chi connectivity index (χ0v) is 12.6. The topological polar surface area (TPSA) is 61.5 Å². The fraction of sp³-hybridized carbons (Fsp3) is 0.154. The van der Waals surface area contributed by atoms with Gasteiger partial charge in [-0.2, -0.15) is 0 Å². The van der Waals surface area contributed by atoms with E-state index in [1.165, 1.54) is 18.4 Å². The molecule has 2 rings (SSSR count). The quantitative estimate of drug-likeness (QED) is 0.683. The van der Waals surface area contributed by atoms with Crippen LogP contribution in [0.5, 0.6) is 5.75 Å². The van der Waals surface area contributed by atoms with Crippen molar-refractivity contribution >= 4 is 38.9 Å². The fourth-order valence-electron chi connectivity index (χ4n) is 1.54. The maximum atomic E-state index is 11.9. The van der Waals surface area contributed by atoms with Crippen molar-refractivity contribution in [1.29, 1.82) is 0 Å². The predicted molar refractivity (Wildman–Crippen MR) is 78.5 cm³/mol. The maximum absolute atomic E-state index is 11.9. The highest BCUT2D eigenvalue weighted by Crippen LogP contribution is 2.26. The number of hydrogen-bond donors (Lipinski definition) is 1. The van der Waals surface area contributed by atoms with E-state index < -0.39 is 5.97 Å². The molecule has 1 heterocycles. The van der Waals surface area contributed by atoms with E-state index >= 15 is 0 Å². The lowest BCUT2D eigenvalue weighted by atomic mass is 10.1. The van der Waals surface area contributed by atoms with Crippen LogP contribution in [0, 0.1) is 0 Å². The third-order valence-electron chi connectivity index (χ3n) is 2.47. The molecular formula is C13H12BrNO3S. The monoisotopic (exact) mass is 341 g/mol. The van der Waals surface area contributed by atoms with Gasteiger partial charge in [0.15, 0.2) is 0 Å². The molecule has 4 nitrogen and oxygen atoms in total. The van der Waals surface area contributed by atoms with E-state index in [1.807, 2.05) is 11.4 Å². The average molecular weight is 342 g/mol. The number of hydrogen-bond acceptors (Lipinski definition) is 5. The Hall–Kier alpha value is -1.53. The zero-order valence-electron chi connectivity index (χ0n) is 10.2. The standard InChI is InChI=1S/C13H12BrNO3S/c1-17-11-4-2-3-10(12(11)15)13(16)18-6-9-5-8(14)7-19-9/h2-5,7H,6,15H2,1H3. The summed E-state index contributed by atoms with van der Waals surface area (Å²) < 4.78 is 11.3. The summed E-state index contributed by atoms with van der Waals surface area (Å²) in [4.78, 5) is 12.9. The molecule has 0 atom stereocenters. The Labute approximate surface area is 123 Å². The van der Waals surface area contributed by atoms with Crippen molar-refractivity contribution in [3.63, 3.8) is 0 Å². The second-order valence-corrected chi connectivity index (χ2v) is 5.64. The predicted octanol–water partition coefficient (Wildman–Crippen LogP) is 3.46. The zero-order chi connectivity index (χ0) is 13.8. The minimum absolute atomic E-state index is 0.228. The molecule has 1 aromatic carbocycles. The van der Waals surface area contributed by atoms with Gasteiger partial charge >= 0.3 is 5.97 Å². The van der Waals surface area contributed by atoms with Crippen LogP contribution in [0.4, 0.5) is 5.69 Å². The highest BCUT2D eigenvalue weighted by molar-refractivity contribution is 9.10. The summed E-state index contributed by atoms with van der Waals surface area (Å²) in [6.45, 7) is 0.228. The van der Waals surface area contributed by atoms with Crippen LogP contribution < -0.4 is 10.5 Å². The largest absolute Gasteiger partial charge is 0.495 e. The lowest BCUT2D eigenvalue weighted by molar-refractivity contribution is 0.0477. The number of nitrogens with two attached hydrogens (primary N) is 1. The molecule has 0 aliphatic rings. The molecule has 100 valence electrons. The van der Waals surface area contributed by atoms with E-state index in [9.17, 15) is 4.79 Å². The fourth-order valence-corrected chi connectivity index (χ4v) is 2.91. The normalized spacial score (nSPS) is 10.2. The summed E-state index contributed by atoms with van der Waals surface area (Å²) in [5, 5.41) is 1.93. The van der Waals surface area contributed by atoms with E-state index in [4.69, 9.17) is 15.2 Å². The molecule has 0 bridgehead atoms. The van der Waals surface area contributed by atoms with Crippen LogP contribution in [-0.2, 0) is 11.3 Å². The Morgan fingerprint density at radius 3 is 2.89 bits per heavy atom. The number of anilines is 1. The van der Waals surface area contributed by atoms with Crippen molar-refractivity contribution < 1.29 is 14.3 Å². The Morgan fingerprint density at radius 1 is 1.47 bits per heavy atom. The minimum Gasteiger partial charge on any atom is -0.495 e.